The second-order valence-corrected chi connectivity index (χ2v) is 7.81. The zero-order chi connectivity index (χ0) is 16.3. The highest BCUT2D eigenvalue weighted by Crippen LogP contribution is 2.24. The van der Waals surface area contributed by atoms with Gasteiger partial charge in [-0.15, -0.1) is 0 Å². The molecule has 1 N–H and O–H groups in total. The van der Waals surface area contributed by atoms with Crippen LogP contribution in [0, 0.1) is 0 Å². The lowest BCUT2D eigenvalue weighted by molar-refractivity contribution is 0.138. The van der Waals surface area contributed by atoms with Crippen LogP contribution in [0.2, 0.25) is 0 Å². The minimum Gasteiger partial charge on any atom is -0.312 e. The number of rotatable bonds is 6. The van der Waals surface area contributed by atoms with Gasteiger partial charge >= 0.3 is 0 Å². The summed E-state index contributed by atoms with van der Waals surface area (Å²) in [5.74, 6) is 0. The third-order valence-corrected chi connectivity index (χ3v) is 4.72. The van der Waals surface area contributed by atoms with Crippen LogP contribution in [0.25, 0.3) is 0 Å². The Kier molecular flexibility index (Phi) is 6.01. The third kappa shape index (κ3) is 4.82. The van der Waals surface area contributed by atoms with E-state index in [9.17, 15) is 0 Å². The van der Waals surface area contributed by atoms with Gasteiger partial charge in [-0.05, 0) is 57.5 Å². The Bertz CT molecular complexity index is 424. The summed E-state index contributed by atoms with van der Waals surface area (Å²) in [5.41, 5.74) is 3.16. The van der Waals surface area contributed by atoms with E-state index >= 15 is 0 Å². The van der Waals surface area contributed by atoms with Crippen LogP contribution in [0.5, 0.6) is 0 Å². The van der Waals surface area contributed by atoms with Gasteiger partial charge in [0.25, 0.3) is 0 Å². The molecule has 120 valence electrons. The minimum absolute atomic E-state index is 0.124. The molecular weight excluding hydrogens is 256 g/mol. The van der Waals surface area contributed by atoms with Crippen LogP contribution in [0.4, 0.5) is 0 Å². The topological polar surface area (TPSA) is 15.3 Å². The van der Waals surface area contributed by atoms with E-state index < -0.39 is 0 Å². The molecule has 0 aliphatic carbocycles. The van der Waals surface area contributed by atoms with Crippen molar-refractivity contribution in [2.45, 2.75) is 65.0 Å². The Labute approximate surface area is 131 Å². The predicted octanol–water partition coefficient (Wildman–Crippen LogP) is 3.84. The summed E-state index contributed by atoms with van der Waals surface area (Å²) in [5, 5.41) is 3.66. The summed E-state index contributed by atoms with van der Waals surface area (Å²) < 4.78 is 0. The van der Waals surface area contributed by atoms with Gasteiger partial charge in [0, 0.05) is 11.6 Å². The van der Waals surface area contributed by atoms with Gasteiger partial charge < -0.3 is 10.2 Å². The number of hydrogen-bond donors (Lipinski definition) is 1. The van der Waals surface area contributed by atoms with Crippen molar-refractivity contribution in [1.29, 1.82) is 0 Å². The molecule has 1 atom stereocenters. The van der Waals surface area contributed by atoms with Crippen LogP contribution in [0.3, 0.4) is 0 Å². The van der Waals surface area contributed by atoms with Crippen LogP contribution >= 0.6 is 0 Å². The molecule has 0 aliphatic heterocycles. The van der Waals surface area contributed by atoms with E-state index in [4.69, 9.17) is 0 Å². The van der Waals surface area contributed by atoms with E-state index in [-0.39, 0.29) is 11.0 Å². The summed E-state index contributed by atoms with van der Waals surface area (Å²) in [6.45, 7) is 14.6. The molecule has 0 radical (unpaired) electrons. The van der Waals surface area contributed by atoms with E-state index in [2.05, 4.69) is 90.1 Å². The maximum atomic E-state index is 3.66. The Morgan fingerprint density at radius 3 is 1.90 bits per heavy atom. The molecule has 0 aliphatic rings. The molecule has 0 amide bonds. The molecule has 1 rings (SSSR count). The first-order valence-electron chi connectivity index (χ1n) is 8.09. The molecule has 0 spiro atoms. The Morgan fingerprint density at radius 1 is 1.00 bits per heavy atom. The molecular formula is C19H34N2. The van der Waals surface area contributed by atoms with Crippen molar-refractivity contribution >= 4 is 0 Å². The van der Waals surface area contributed by atoms with Crippen molar-refractivity contribution in [3.8, 4) is 0 Å². The molecule has 1 aromatic carbocycles. The highest BCUT2D eigenvalue weighted by Gasteiger charge is 2.31. The van der Waals surface area contributed by atoms with E-state index in [0.717, 1.165) is 13.0 Å². The van der Waals surface area contributed by atoms with Crippen molar-refractivity contribution in [3.63, 3.8) is 0 Å². The zero-order valence-corrected chi connectivity index (χ0v) is 15.2. The molecule has 2 nitrogen and oxygen atoms in total. The fourth-order valence-corrected chi connectivity index (χ4v) is 2.51. The van der Waals surface area contributed by atoms with Gasteiger partial charge in [0.1, 0.15) is 0 Å². The summed E-state index contributed by atoms with van der Waals surface area (Å²) in [6.07, 6.45) is 1.06. The standard InChI is InChI=1S/C19H34N2/c1-9-20-17(19(5,6)21(7)8)14-15-10-12-16(13-11-15)18(2,3)4/h10-13,17,20H,9,14H2,1-8H3. The van der Waals surface area contributed by atoms with Gasteiger partial charge in [0.15, 0.2) is 0 Å². The number of hydrogen-bond acceptors (Lipinski definition) is 2. The second-order valence-electron chi connectivity index (χ2n) is 7.81. The highest BCUT2D eigenvalue weighted by atomic mass is 15.2. The predicted molar refractivity (Wildman–Crippen MR) is 94.1 cm³/mol. The number of benzene rings is 1. The first-order valence-corrected chi connectivity index (χ1v) is 8.09. The lowest BCUT2D eigenvalue weighted by Gasteiger charge is -2.41. The van der Waals surface area contributed by atoms with Gasteiger partial charge in [-0.1, -0.05) is 52.0 Å². The first kappa shape index (κ1) is 18.2. The Morgan fingerprint density at radius 2 is 1.52 bits per heavy atom. The van der Waals surface area contributed by atoms with Gasteiger partial charge in [-0.2, -0.15) is 0 Å². The van der Waals surface area contributed by atoms with Crippen molar-refractivity contribution in [2.24, 2.45) is 0 Å². The molecule has 2 heteroatoms. The van der Waals surface area contributed by atoms with Crippen molar-refractivity contribution in [2.75, 3.05) is 20.6 Å². The van der Waals surface area contributed by atoms with Crippen molar-refractivity contribution < 1.29 is 0 Å². The molecule has 0 fully saturated rings. The number of nitrogens with one attached hydrogen (secondary N) is 1. The SMILES string of the molecule is CCNC(Cc1ccc(C(C)(C)C)cc1)C(C)(C)N(C)C. The summed E-state index contributed by atoms with van der Waals surface area (Å²) >= 11 is 0. The van der Waals surface area contributed by atoms with Crippen LogP contribution in [0.1, 0.15) is 52.7 Å². The van der Waals surface area contributed by atoms with Crippen molar-refractivity contribution in [1.82, 2.24) is 10.2 Å². The molecule has 1 aromatic rings. The monoisotopic (exact) mass is 290 g/mol. The largest absolute Gasteiger partial charge is 0.312 e. The number of likely N-dealkylation sites (N-methyl/N-ethyl adjacent to an activating group) is 2. The summed E-state index contributed by atoms with van der Waals surface area (Å²) in [6, 6.07) is 9.58. The van der Waals surface area contributed by atoms with Crippen LogP contribution in [0.15, 0.2) is 24.3 Å². The van der Waals surface area contributed by atoms with E-state index in [1.807, 2.05) is 0 Å². The molecule has 0 saturated heterocycles. The minimum atomic E-state index is 0.124. The van der Waals surface area contributed by atoms with Gasteiger partial charge in [0.05, 0.1) is 0 Å². The van der Waals surface area contributed by atoms with Crippen LogP contribution in [-0.2, 0) is 11.8 Å². The maximum absolute atomic E-state index is 3.66. The molecule has 0 saturated carbocycles. The maximum Gasteiger partial charge on any atom is 0.0303 e. The van der Waals surface area contributed by atoms with Crippen LogP contribution < -0.4 is 5.32 Å². The zero-order valence-electron chi connectivity index (χ0n) is 15.2. The van der Waals surface area contributed by atoms with Crippen LogP contribution in [-0.4, -0.2) is 37.1 Å². The number of nitrogens with zero attached hydrogens (tertiary/aromatic N) is 1. The average Bonchev–Trinajstić information content (AvgIpc) is 2.37. The molecule has 0 aromatic heterocycles. The fraction of sp³-hybridized carbons (Fsp3) is 0.684. The average molecular weight is 290 g/mol. The van der Waals surface area contributed by atoms with Gasteiger partial charge in [0.2, 0.25) is 0 Å². The van der Waals surface area contributed by atoms with E-state index in [1.165, 1.54) is 11.1 Å². The highest BCUT2D eigenvalue weighted by molar-refractivity contribution is 5.28. The smallest absolute Gasteiger partial charge is 0.0303 e. The second kappa shape index (κ2) is 6.93. The molecule has 0 heterocycles. The molecule has 1 unspecified atom stereocenters. The normalized spacial score (nSPS) is 14.5. The fourth-order valence-electron chi connectivity index (χ4n) is 2.51. The van der Waals surface area contributed by atoms with Gasteiger partial charge in [-0.3, -0.25) is 0 Å². The molecule has 0 bridgehead atoms. The lowest BCUT2D eigenvalue weighted by atomic mass is 9.84. The molecule has 21 heavy (non-hydrogen) atoms. The van der Waals surface area contributed by atoms with E-state index in [0.29, 0.717) is 6.04 Å². The first-order chi connectivity index (χ1) is 9.59. The summed E-state index contributed by atoms with van der Waals surface area (Å²) in [7, 11) is 4.32. The third-order valence-electron chi connectivity index (χ3n) is 4.72. The quantitative estimate of drug-likeness (QED) is 0.856. The summed E-state index contributed by atoms with van der Waals surface area (Å²) in [4.78, 5) is 2.31. The Balaban J connectivity index is 2.90. The van der Waals surface area contributed by atoms with Crippen molar-refractivity contribution in [3.05, 3.63) is 35.4 Å². The van der Waals surface area contributed by atoms with Gasteiger partial charge in [-0.25, -0.2) is 0 Å². The Hall–Kier alpha value is -0.860. The lowest BCUT2D eigenvalue weighted by Crippen LogP contribution is -2.56. The van der Waals surface area contributed by atoms with E-state index in [1.54, 1.807) is 0 Å².